The van der Waals surface area contributed by atoms with Gasteiger partial charge in [0.2, 0.25) is 0 Å². The van der Waals surface area contributed by atoms with Crippen molar-refractivity contribution in [2.75, 3.05) is 42.7 Å². The summed E-state index contributed by atoms with van der Waals surface area (Å²) in [6.07, 6.45) is 4.80. The summed E-state index contributed by atoms with van der Waals surface area (Å²) >= 11 is 1.54. The molecule has 162 valence electrons. The van der Waals surface area contributed by atoms with Crippen molar-refractivity contribution in [3.63, 3.8) is 0 Å². The third-order valence-electron chi connectivity index (χ3n) is 5.21. The van der Waals surface area contributed by atoms with E-state index in [4.69, 9.17) is 11.1 Å². The average Bonchev–Trinajstić information content (AvgIpc) is 3.16. The lowest BCUT2D eigenvalue weighted by Gasteiger charge is -2.34. The number of nitrogens with one attached hydrogen (secondary N) is 2. The molecule has 0 radical (unpaired) electrons. The second-order valence-corrected chi connectivity index (χ2v) is 9.70. The highest BCUT2D eigenvalue weighted by Gasteiger charge is 2.19. The Bertz CT molecular complexity index is 1160. The predicted octanol–water partition coefficient (Wildman–Crippen LogP) is 3.19. The average molecular weight is 456 g/mol. The molecular weight excluding hydrogens is 430 g/mol. The molecular formula is C21H25N7OS2. The van der Waals surface area contributed by atoms with Crippen molar-refractivity contribution >= 4 is 61.0 Å². The molecule has 4 N–H and O–H groups in total. The molecule has 8 nitrogen and oxygen atoms in total. The molecule has 0 bridgehead atoms. The van der Waals surface area contributed by atoms with E-state index in [9.17, 15) is 4.21 Å². The number of benzene rings is 1. The molecule has 31 heavy (non-hydrogen) atoms. The summed E-state index contributed by atoms with van der Waals surface area (Å²) in [6, 6.07) is 9.90. The number of rotatable bonds is 6. The van der Waals surface area contributed by atoms with Crippen molar-refractivity contribution in [2.24, 2.45) is 5.73 Å². The van der Waals surface area contributed by atoms with Gasteiger partial charge in [-0.05, 0) is 30.7 Å². The van der Waals surface area contributed by atoms with E-state index in [0.717, 1.165) is 58.6 Å². The van der Waals surface area contributed by atoms with Gasteiger partial charge in [-0.2, -0.15) is 0 Å². The number of allylic oxidation sites excluding steroid dienone is 2. The standard InChI is InChI=1S/C21H25N7OS2/c1-14(23)17(13-22)15-3-4-18-19(11-15)30-21(25-18)26-20-12-16(5-6-24-20)27-7-9-28(10-8-27)31(2)29/h3-6,11-13,22H,7-10,23H2,1-2H3,(H,24,25,26)/b17-14+,22-13?. The number of anilines is 3. The summed E-state index contributed by atoms with van der Waals surface area (Å²) < 4.78 is 14.7. The highest BCUT2D eigenvalue weighted by molar-refractivity contribution is 7.81. The second-order valence-electron chi connectivity index (χ2n) is 7.31. The van der Waals surface area contributed by atoms with Crippen LogP contribution in [0.2, 0.25) is 0 Å². The molecule has 1 aromatic carbocycles. The number of hydrogen-bond donors (Lipinski definition) is 3. The SMILES string of the molecule is C/C(N)=C(/C=N)c1ccc2nc(Nc3cc(N4CCN(S(C)=O)CC4)ccn3)sc2c1. The van der Waals surface area contributed by atoms with Gasteiger partial charge in [-0.15, -0.1) is 0 Å². The van der Waals surface area contributed by atoms with Gasteiger partial charge < -0.3 is 21.4 Å². The Morgan fingerprint density at radius 3 is 2.71 bits per heavy atom. The van der Waals surface area contributed by atoms with E-state index in [2.05, 4.69) is 20.2 Å². The van der Waals surface area contributed by atoms with Gasteiger partial charge in [-0.1, -0.05) is 17.4 Å². The summed E-state index contributed by atoms with van der Waals surface area (Å²) in [5.74, 6) is 0.733. The monoisotopic (exact) mass is 455 g/mol. The first-order valence-corrected chi connectivity index (χ1v) is 12.2. The first-order valence-electron chi connectivity index (χ1n) is 9.89. The Hall–Kier alpha value is -2.82. The van der Waals surface area contributed by atoms with Crippen LogP contribution in [-0.2, 0) is 11.0 Å². The minimum atomic E-state index is -0.918. The summed E-state index contributed by atoms with van der Waals surface area (Å²) in [6.45, 7) is 5.02. The molecule has 1 saturated heterocycles. The molecule has 3 heterocycles. The molecule has 0 amide bonds. The fourth-order valence-corrected chi connectivity index (χ4v) is 5.16. The number of nitrogens with two attached hydrogens (primary N) is 1. The molecule has 2 aromatic heterocycles. The predicted molar refractivity (Wildman–Crippen MR) is 131 cm³/mol. The second kappa shape index (κ2) is 9.13. The molecule has 1 aliphatic rings. The Morgan fingerprint density at radius 1 is 1.26 bits per heavy atom. The zero-order chi connectivity index (χ0) is 22.0. The van der Waals surface area contributed by atoms with Crippen molar-refractivity contribution in [1.29, 1.82) is 5.41 Å². The Balaban J connectivity index is 1.52. The van der Waals surface area contributed by atoms with Crippen LogP contribution in [0.1, 0.15) is 12.5 Å². The number of fused-ring (bicyclic) bond motifs is 1. The lowest BCUT2D eigenvalue weighted by atomic mass is 10.1. The Morgan fingerprint density at radius 2 is 2.03 bits per heavy atom. The number of aromatic nitrogens is 2. The quantitative estimate of drug-likeness (QED) is 0.492. The molecule has 1 aliphatic heterocycles. The summed E-state index contributed by atoms with van der Waals surface area (Å²) in [5.41, 5.74) is 10.1. The van der Waals surface area contributed by atoms with Crippen LogP contribution in [0.15, 0.2) is 42.2 Å². The number of piperazine rings is 1. The molecule has 0 aliphatic carbocycles. The van der Waals surface area contributed by atoms with Crippen LogP contribution < -0.4 is 16.0 Å². The van der Waals surface area contributed by atoms with E-state index in [1.54, 1.807) is 19.4 Å². The molecule has 1 unspecified atom stereocenters. The van der Waals surface area contributed by atoms with Gasteiger partial charge in [0.1, 0.15) is 5.82 Å². The van der Waals surface area contributed by atoms with Gasteiger partial charge >= 0.3 is 0 Å². The van der Waals surface area contributed by atoms with Gasteiger partial charge in [-0.3, -0.25) is 0 Å². The third-order valence-corrected chi connectivity index (χ3v) is 7.24. The zero-order valence-electron chi connectivity index (χ0n) is 17.5. The molecule has 0 saturated carbocycles. The molecule has 3 aromatic rings. The normalized spacial score (nSPS) is 16.8. The van der Waals surface area contributed by atoms with E-state index in [1.165, 1.54) is 17.6 Å². The van der Waals surface area contributed by atoms with Crippen molar-refractivity contribution in [2.45, 2.75) is 6.92 Å². The summed E-state index contributed by atoms with van der Waals surface area (Å²) in [5, 5.41) is 11.7. The van der Waals surface area contributed by atoms with Crippen molar-refractivity contribution in [1.82, 2.24) is 14.3 Å². The molecule has 10 heteroatoms. The van der Waals surface area contributed by atoms with Crippen LogP contribution in [0, 0.1) is 5.41 Å². The fraction of sp³-hybridized carbons (Fsp3) is 0.286. The maximum atomic E-state index is 11.7. The molecule has 1 fully saturated rings. The van der Waals surface area contributed by atoms with Crippen LogP contribution >= 0.6 is 11.3 Å². The zero-order valence-corrected chi connectivity index (χ0v) is 19.1. The Labute approximate surface area is 187 Å². The maximum absolute atomic E-state index is 11.7. The van der Waals surface area contributed by atoms with Crippen molar-refractivity contribution < 1.29 is 4.21 Å². The fourth-order valence-electron chi connectivity index (χ4n) is 3.57. The third kappa shape index (κ3) is 4.76. The number of nitrogens with zero attached hydrogens (tertiary/aromatic N) is 4. The molecule has 1 atom stereocenters. The van der Waals surface area contributed by atoms with Gasteiger partial charge in [0.05, 0.1) is 21.2 Å². The first kappa shape index (κ1) is 21.4. The minimum Gasteiger partial charge on any atom is -0.402 e. The van der Waals surface area contributed by atoms with Crippen LogP contribution in [0.4, 0.5) is 16.6 Å². The number of thiazole rings is 1. The lowest BCUT2D eigenvalue weighted by molar-refractivity contribution is 0.412. The van der Waals surface area contributed by atoms with E-state index < -0.39 is 11.0 Å². The van der Waals surface area contributed by atoms with Crippen LogP contribution in [0.3, 0.4) is 0 Å². The molecule has 0 spiro atoms. The highest BCUT2D eigenvalue weighted by Crippen LogP contribution is 2.31. The van der Waals surface area contributed by atoms with E-state index in [0.29, 0.717) is 11.3 Å². The van der Waals surface area contributed by atoms with Gasteiger partial charge in [0.25, 0.3) is 0 Å². The highest BCUT2D eigenvalue weighted by atomic mass is 32.2. The first-order chi connectivity index (χ1) is 14.9. The van der Waals surface area contributed by atoms with Gasteiger partial charge in [0.15, 0.2) is 5.13 Å². The summed E-state index contributed by atoms with van der Waals surface area (Å²) in [4.78, 5) is 11.4. The van der Waals surface area contributed by atoms with E-state index in [-0.39, 0.29) is 0 Å². The maximum Gasteiger partial charge on any atom is 0.189 e. The Kier molecular flexibility index (Phi) is 6.30. The van der Waals surface area contributed by atoms with Crippen LogP contribution in [0.25, 0.3) is 15.8 Å². The number of hydrogen-bond acceptors (Lipinski definition) is 8. The minimum absolute atomic E-state index is 0.615. The van der Waals surface area contributed by atoms with E-state index in [1.807, 2.05) is 34.6 Å². The van der Waals surface area contributed by atoms with E-state index >= 15 is 0 Å². The van der Waals surface area contributed by atoms with Crippen LogP contribution in [0.5, 0.6) is 0 Å². The topological polar surface area (TPSA) is 111 Å². The lowest BCUT2D eigenvalue weighted by Crippen LogP contribution is -2.46. The van der Waals surface area contributed by atoms with Crippen molar-refractivity contribution in [3.8, 4) is 0 Å². The largest absolute Gasteiger partial charge is 0.402 e. The van der Waals surface area contributed by atoms with Gasteiger partial charge in [0, 0.05) is 67.9 Å². The summed E-state index contributed by atoms with van der Waals surface area (Å²) in [7, 11) is -0.918. The smallest absolute Gasteiger partial charge is 0.189 e. The van der Waals surface area contributed by atoms with Gasteiger partial charge in [-0.25, -0.2) is 18.5 Å². The van der Waals surface area contributed by atoms with Crippen LogP contribution in [-0.4, -0.2) is 57.1 Å². The number of pyridine rings is 1. The van der Waals surface area contributed by atoms with Crippen molar-refractivity contribution in [3.05, 3.63) is 47.8 Å². The molecule has 4 rings (SSSR count).